The zero-order valence-corrected chi connectivity index (χ0v) is 19.4. The summed E-state index contributed by atoms with van der Waals surface area (Å²) in [5.74, 6) is 0.0208. The van der Waals surface area contributed by atoms with Crippen LogP contribution < -0.4 is 14.2 Å². The highest BCUT2D eigenvalue weighted by Crippen LogP contribution is 2.34. The monoisotopic (exact) mass is 511 g/mol. The molecule has 0 aliphatic carbocycles. The molecule has 8 heteroatoms. The molecule has 7 nitrogen and oxygen atoms in total. The third-order valence-electron chi connectivity index (χ3n) is 5.40. The zero-order valence-electron chi connectivity index (χ0n) is 17.9. The van der Waals surface area contributed by atoms with Gasteiger partial charge in [-0.15, -0.1) is 0 Å². The van der Waals surface area contributed by atoms with Gasteiger partial charge in [-0.3, -0.25) is 4.79 Å². The van der Waals surface area contributed by atoms with E-state index in [1.165, 1.54) is 6.07 Å². The van der Waals surface area contributed by atoms with Crippen LogP contribution in [-0.4, -0.2) is 35.3 Å². The first-order chi connectivity index (χ1) is 15.9. The number of ether oxygens (including phenoxy) is 3. The standard InChI is InChI=1S/C25H22BrNO6/c1-16(18-6-3-2-4-7-18)27(13-17-10-11-21-22(12-17)33-15-32-21)23(28)14-31-24-19(25(29)30)8-5-9-20(24)26/h2-12,16H,13-15H2,1H3,(H,29,30)/t16-/m1/s1. The Morgan fingerprint density at radius 3 is 2.58 bits per heavy atom. The van der Waals surface area contributed by atoms with Gasteiger partial charge in [0.15, 0.2) is 18.1 Å². The van der Waals surface area contributed by atoms with E-state index in [1.54, 1.807) is 17.0 Å². The molecule has 1 amide bonds. The van der Waals surface area contributed by atoms with Crippen molar-refractivity contribution in [3.8, 4) is 17.2 Å². The van der Waals surface area contributed by atoms with E-state index < -0.39 is 5.97 Å². The van der Waals surface area contributed by atoms with E-state index in [2.05, 4.69) is 15.9 Å². The number of hydrogen-bond acceptors (Lipinski definition) is 5. The van der Waals surface area contributed by atoms with Gasteiger partial charge in [0.25, 0.3) is 5.91 Å². The molecular formula is C25H22BrNO6. The van der Waals surface area contributed by atoms with E-state index in [0.717, 1.165) is 11.1 Å². The van der Waals surface area contributed by atoms with Gasteiger partial charge in [0, 0.05) is 6.54 Å². The maximum atomic E-state index is 13.3. The van der Waals surface area contributed by atoms with E-state index >= 15 is 0 Å². The van der Waals surface area contributed by atoms with Gasteiger partial charge in [-0.25, -0.2) is 4.79 Å². The van der Waals surface area contributed by atoms with Crippen molar-refractivity contribution in [2.75, 3.05) is 13.4 Å². The van der Waals surface area contributed by atoms with Gasteiger partial charge in [-0.2, -0.15) is 0 Å². The number of halogens is 1. The van der Waals surface area contributed by atoms with Crippen LogP contribution >= 0.6 is 15.9 Å². The van der Waals surface area contributed by atoms with Crippen molar-refractivity contribution in [3.05, 3.63) is 87.9 Å². The highest BCUT2D eigenvalue weighted by molar-refractivity contribution is 9.10. The Balaban J connectivity index is 1.58. The summed E-state index contributed by atoms with van der Waals surface area (Å²) in [7, 11) is 0. The lowest BCUT2D eigenvalue weighted by Gasteiger charge is -2.30. The molecule has 170 valence electrons. The van der Waals surface area contributed by atoms with Crippen molar-refractivity contribution in [2.45, 2.75) is 19.5 Å². The highest BCUT2D eigenvalue weighted by Gasteiger charge is 2.25. The quantitative estimate of drug-likeness (QED) is 0.455. The summed E-state index contributed by atoms with van der Waals surface area (Å²) >= 11 is 3.31. The Hall–Kier alpha value is -3.52. The van der Waals surface area contributed by atoms with Crippen LogP contribution in [0.25, 0.3) is 0 Å². The van der Waals surface area contributed by atoms with Crippen LogP contribution in [0.1, 0.15) is 34.5 Å². The summed E-state index contributed by atoms with van der Waals surface area (Å²) < 4.78 is 17.0. The van der Waals surface area contributed by atoms with Gasteiger partial charge in [0.2, 0.25) is 6.79 Å². The van der Waals surface area contributed by atoms with Crippen molar-refractivity contribution in [3.63, 3.8) is 0 Å². The van der Waals surface area contributed by atoms with Crippen LogP contribution in [0.5, 0.6) is 17.2 Å². The molecule has 1 atom stereocenters. The van der Waals surface area contributed by atoms with Gasteiger partial charge >= 0.3 is 5.97 Å². The van der Waals surface area contributed by atoms with E-state index in [4.69, 9.17) is 14.2 Å². The van der Waals surface area contributed by atoms with Gasteiger partial charge in [0.1, 0.15) is 11.3 Å². The number of benzene rings is 3. The fourth-order valence-electron chi connectivity index (χ4n) is 3.63. The van der Waals surface area contributed by atoms with Gasteiger partial charge in [0.05, 0.1) is 10.5 Å². The average molecular weight is 512 g/mol. The topological polar surface area (TPSA) is 85.3 Å². The zero-order chi connectivity index (χ0) is 23.4. The minimum absolute atomic E-state index is 0.0180. The number of fused-ring (bicyclic) bond motifs is 1. The Morgan fingerprint density at radius 1 is 1.06 bits per heavy atom. The van der Waals surface area contributed by atoms with Crippen molar-refractivity contribution >= 4 is 27.8 Å². The Morgan fingerprint density at radius 2 is 1.82 bits per heavy atom. The number of hydrogen-bond donors (Lipinski definition) is 1. The van der Waals surface area contributed by atoms with Gasteiger partial charge in [-0.1, -0.05) is 42.5 Å². The number of amides is 1. The van der Waals surface area contributed by atoms with Gasteiger partial charge in [-0.05, 0) is 58.2 Å². The first kappa shape index (κ1) is 22.7. The largest absolute Gasteiger partial charge is 0.482 e. The normalized spacial score (nSPS) is 12.8. The summed E-state index contributed by atoms with van der Waals surface area (Å²) in [6, 6.07) is 19.7. The average Bonchev–Trinajstić information content (AvgIpc) is 3.29. The van der Waals surface area contributed by atoms with Crippen LogP contribution in [0.4, 0.5) is 0 Å². The van der Waals surface area contributed by atoms with E-state index in [9.17, 15) is 14.7 Å². The lowest BCUT2D eigenvalue weighted by atomic mass is 10.1. The second kappa shape index (κ2) is 9.95. The molecule has 0 aromatic heterocycles. The van der Waals surface area contributed by atoms with Crippen LogP contribution in [0.3, 0.4) is 0 Å². The molecule has 0 spiro atoms. The number of aromatic carboxylic acids is 1. The molecule has 3 aromatic rings. The molecule has 4 rings (SSSR count). The van der Waals surface area contributed by atoms with Crippen molar-refractivity contribution in [1.82, 2.24) is 4.90 Å². The number of carbonyl (C=O) groups is 2. The smallest absolute Gasteiger partial charge is 0.339 e. The molecule has 33 heavy (non-hydrogen) atoms. The third-order valence-corrected chi connectivity index (χ3v) is 6.02. The third kappa shape index (κ3) is 5.12. The number of carboxylic acid groups (broad SMARTS) is 1. The first-order valence-electron chi connectivity index (χ1n) is 10.3. The minimum atomic E-state index is -1.13. The number of para-hydroxylation sites is 1. The SMILES string of the molecule is C[C@H](c1ccccc1)N(Cc1ccc2c(c1)OCO2)C(=O)COc1c(Br)cccc1C(=O)O. The van der Waals surface area contributed by atoms with Crippen molar-refractivity contribution in [2.24, 2.45) is 0 Å². The number of nitrogens with zero attached hydrogens (tertiary/aromatic N) is 1. The summed E-state index contributed by atoms with van der Waals surface area (Å²) in [6.07, 6.45) is 0. The van der Waals surface area contributed by atoms with E-state index in [-0.39, 0.29) is 36.7 Å². The summed E-state index contributed by atoms with van der Waals surface area (Å²) in [5.41, 5.74) is 1.83. The molecule has 0 unspecified atom stereocenters. The molecule has 0 bridgehead atoms. The highest BCUT2D eigenvalue weighted by atomic mass is 79.9. The van der Waals surface area contributed by atoms with Gasteiger partial charge < -0.3 is 24.2 Å². The Labute approximate surface area is 199 Å². The number of carboxylic acids is 1. The molecule has 0 saturated carbocycles. The molecule has 3 aromatic carbocycles. The summed E-state index contributed by atoms with van der Waals surface area (Å²) in [5, 5.41) is 9.45. The van der Waals surface area contributed by atoms with Crippen LogP contribution in [-0.2, 0) is 11.3 Å². The minimum Gasteiger partial charge on any atom is -0.482 e. The lowest BCUT2D eigenvalue weighted by Crippen LogP contribution is -2.36. The second-order valence-corrected chi connectivity index (χ2v) is 8.36. The summed E-state index contributed by atoms with van der Waals surface area (Å²) in [6.45, 7) is 2.12. The van der Waals surface area contributed by atoms with Crippen LogP contribution in [0.15, 0.2) is 71.2 Å². The molecular weight excluding hydrogens is 490 g/mol. The molecule has 1 heterocycles. The fourth-order valence-corrected chi connectivity index (χ4v) is 4.11. The second-order valence-electron chi connectivity index (χ2n) is 7.51. The molecule has 0 fully saturated rings. The Kier molecular flexibility index (Phi) is 6.84. The number of carbonyl (C=O) groups excluding carboxylic acids is 1. The fraction of sp³-hybridized carbons (Fsp3) is 0.200. The predicted octanol–water partition coefficient (Wildman–Crippen LogP) is 5.04. The van der Waals surface area contributed by atoms with Crippen molar-refractivity contribution < 1.29 is 28.9 Å². The maximum absolute atomic E-state index is 13.3. The van der Waals surface area contributed by atoms with Crippen LogP contribution in [0.2, 0.25) is 0 Å². The van der Waals surface area contributed by atoms with E-state index in [1.807, 2.05) is 55.5 Å². The summed E-state index contributed by atoms with van der Waals surface area (Å²) in [4.78, 5) is 26.6. The van der Waals surface area contributed by atoms with Crippen molar-refractivity contribution in [1.29, 1.82) is 0 Å². The lowest BCUT2D eigenvalue weighted by molar-refractivity contribution is -0.136. The Bertz CT molecular complexity index is 1170. The first-order valence-corrected chi connectivity index (χ1v) is 11.1. The molecule has 1 aliphatic rings. The van der Waals surface area contributed by atoms with Crippen LogP contribution in [0, 0.1) is 0 Å². The maximum Gasteiger partial charge on any atom is 0.339 e. The molecule has 1 N–H and O–H groups in total. The molecule has 1 aliphatic heterocycles. The van der Waals surface area contributed by atoms with E-state index in [0.29, 0.717) is 22.5 Å². The number of rotatable bonds is 8. The molecule has 0 radical (unpaired) electrons. The molecule has 0 saturated heterocycles. The predicted molar refractivity (Wildman–Crippen MR) is 125 cm³/mol.